The van der Waals surface area contributed by atoms with Gasteiger partial charge in [0.2, 0.25) is 5.88 Å². The average Bonchev–Trinajstić information content (AvgIpc) is 3.06. The van der Waals surface area contributed by atoms with Crippen molar-refractivity contribution in [3.63, 3.8) is 0 Å². The van der Waals surface area contributed by atoms with Crippen molar-refractivity contribution in [3.05, 3.63) is 66.2 Å². The van der Waals surface area contributed by atoms with Crippen molar-refractivity contribution < 1.29 is 9.26 Å². The Labute approximate surface area is 139 Å². The molecule has 0 radical (unpaired) electrons. The van der Waals surface area contributed by atoms with Crippen LogP contribution in [0.1, 0.15) is 49.6 Å². The molecule has 122 valence electrons. The molecule has 0 bridgehead atoms. The second-order valence-electron chi connectivity index (χ2n) is 6.06. The van der Waals surface area contributed by atoms with Crippen LogP contribution in [-0.4, -0.2) is 20.1 Å². The summed E-state index contributed by atoms with van der Waals surface area (Å²) in [6.07, 6.45) is 8.15. The van der Waals surface area contributed by atoms with E-state index < -0.39 is 0 Å². The number of nitrogens with zero attached hydrogens (tertiary/aromatic N) is 4. The molecule has 3 aromatic heterocycles. The van der Waals surface area contributed by atoms with Gasteiger partial charge in [0.05, 0.1) is 5.41 Å². The predicted octanol–water partition coefficient (Wildman–Crippen LogP) is 3.47. The lowest BCUT2D eigenvalue weighted by Gasteiger charge is -2.39. The first-order valence-corrected chi connectivity index (χ1v) is 8.10. The first kappa shape index (κ1) is 14.8. The molecule has 0 aliphatic heterocycles. The average molecular weight is 322 g/mol. The van der Waals surface area contributed by atoms with Gasteiger partial charge >= 0.3 is 0 Å². The zero-order valence-electron chi connectivity index (χ0n) is 13.4. The molecule has 3 aromatic rings. The number of aromatic nitrogens is 4. The van der Waals surface area contributed by atoms with Gasteiger partial charge in [-0.15, -0.1) is 0 Å². The van der Waals surface area contributed by atoms with Crippen molar-refractivity contribution in [2.24, 2.45) is 0 Å². The summed E-state index contributed by atoms with van der Waals surface area (Å²) in [4.78, 5) is 12.9. The molecular formula is C18H18N4O2. The van der Waals surface area contributed by atoms with E-state index in [1.54, 1.807) is 12.3 Å². The standard InChI is InChI=1S/C18H18N4O2/c1-13(23-15-5-2-3-10-20-15)16-21-17(22-24-16)18(8-4-9-18)14-6-11-19-12-7-14/h2-3,5-7,10-13H,4,8-9H2,1H3/t13-/m0/s1. The normalized spacial score (nSPS) is 17.0. The first-order chi connectivity index (χ1) is 11.8. The van der Waals surface area contributed by atoms with Gasteiger partial charge in [-0.25, -0.2) is 4.98 Å². The van der Waals surface area contributed by atoms with Gasteiger partial charge in [-0.3, -0.25) is 4.98 Å². The minimum atomic E-state index is -0.351. The Hall–Kier alpha value is -2.76. The third-order valence-electron chi connectivity index (χ3n) is 4.59. The smallest absolute Gasteiger partial charge is 0.267 e. The molecule has 1 fully saturated rings. The highest BCUT2D eigenvalue weighted by molar-refractivity contribution is 5.34. The van der Waals surface area contributed by atoms with Crippen LogP contribution in [0, 0.1) is 0 Å². The zero-order chi connectivity index (χ0) is 16.4. The molecule has 1 saturated carbocycles. The summed E-state index contributed by atoms with van der Waals surface area (Å²) in [5.74, 6) is 1.74. The monoisotopic (exact) mass is 322 g/mol. The highest BCUT2D eigenvalue weighted by atomic mass is 16.5. The molecule has 0 N–H and O–H groups in total. The molecule has 0 unspecified atom stereocenters. The Kier molecular flexibility index (Phi) is 3.72. The molecule has 1 aliphatic rings. The van der Waals surface area contributed by atoms with E-state index in [1.165, 1.54) is 5.56 Å². The lowest BCUT2D eigenvalue weighted by atomic mass is 9.64. The highest BCUT2D eigenvalue weighted by Gasteiger charge is 2.44. The topological polar surface area (TPSA) is 73.9 Å². The van der Waals surface area contributed by atoms with E-state index in [-0.39, 0.29) is 11.5 Å². The van der Waals surface area contributed by atoms with Crippen LogP contribution >= 0.6 is 0 Å². The maximum Gasteiger partial charge on any atom is 0.267 e. The molecule has 3 heterocycles. The van der Waals surface area contributed by atoms with E-state index >= 15 is 0 Å². The summed E-state index contributed by atoms with van der Waals surface area (Å²) in [7, 11) is 0. The van der Waals surface area contributed by atoms with Gasteiger partial charge < -0.3 is 9.26 Å². The second kappa shape index (κ2) is 6.03. The molecule has 0 amide bonds. The number of rotatable bonds is 5. The Morgan fingerprint density at radius 1 is 1.12 bits per heavy atom. The summed E-state index contributed by atoms with van der Waals surface area (Å²) >= 11 is 0. The van der Waals surface area contributed by atoms with E-state index in [4.69, 9.17) is 9.26 Å². The van der Waals surface area contributed by atoms with Gasteiger partial charge in [0, 0.05) is 24.7 Å². The van der Waals surface area contributed by atoms with E-state index in [0.29, 0.717) is 11.8 Å². The van der Waals surface area contributed by atoms with Gasteiger partial charge in [-0.1, -0.05) is 17.6 Å². The molecule has 24 heavy (non-hydrogen) atoms. The molecule has 1 atom stereocenters. The van der Waals surface area contributed by atoms with Crippen molar-refractivity contribution in [3.8, 4) is 5.88 Å². The Bertz CT molecular complexity index is 800. The van der Waals surface area contributed by atoms with Crippen molar-refractivity contribution >= 4 is 0 Å². The van der Waals surface area contributed by atoms with Crippen molar-refractivity contribution in [2.45, 2.75) is 37.7 Å². The lowest BCUT2D eigenvalue weighted by molar-refractivity contribution is 0.168. The molecule has 6 heteroatoms. The van der Waals surface area contributed by atoms with Crippen LogP contribution in [0.5, 0.6) is 5.88 Å². The summed E-state index contributed by atoms with van der Waals surface area (Å²) in [6, 6.07) is 9.59. The van der Waals surface area contributed by atoms with Gasteiger partial charge in [0.15, 0.2) is 11.9 Å². The van der Waals surface area contributed by atoms with Crippen molar-refractivity contribution in [1.82, 2.24) is 20.1 Å². The van der Waals surface area contributed by atoms with Crippen LogP contribution in [0.4, 0.5) is 0 Å². The van der Waals surface area contributed by atoms with Crippen LogP contribution in [0.25, 0.3) is 0 Å². The van der Waals surface area contributed by atoms with Gasteiger partial charge in [0.1, 0.15) is 0 Å². The zero-order valence-corrected chi connectivity index (χ0v) is 13.4. The predicted molar refractivity (Wildman–Crippen MR) is 86.4 cm³/mol. The van der Waals surface area contributed by atoms with Crippen LogP contribution < -0.4 is 4.74 Å². The Morgan fingerprint density at radius 2 is 1.96 bits per heavy atom. The highest BCUT2D eigenvalue weighted by Crippen LogP contribution is 2.47. The molecule has 0 aromatic carbocycles. The lowest BCUT2D eigenvalue weighted by Crippen LogP contribution is -2.36. The van der Waals surface area contributed by atoms with Crippen LogP contribution in [0.3, 0.4) is 0 Å². The van der Waals surface area contributed by atoms with Gasteiger partial charge in [-0.05, 0) is 43.5 Å². The minimum Gasteiger partial charge on any atom is -0.465 e. The first-order valence-electron chi connectivity index (χ1n) is 8.10. The second-order valence-corrected chi connectivity index (χ2v) is 6.06. The molecule has 0 saturated heterocycles. The van der Waals surface area contributed by atoms with Crippen LogP contribution in [0.15, 0.2) is 53.4 Å². The quantitative estimate of drug-likeness (QED) is 0.716. The van der Waals surface area contributed by atoms with Gasteiger partial charge in [0.25, 0.3) is 5.89 Å². The van der Waals surface area contributed by atoms with Crippen LogP contribution in [-0.2, 0) is 5.41 Å². The molecule has 0 spiro atoms. The van der Waals surface area contributed by atoms with E-state index in [2.05, 4.69) is 20.1 Å². The number of hydrogen-bond acceptors (Lipinski definition) is 6. The summed E-state index contributed by atoms with van der Waals surface area (Å²) in [6.45, 7) is 1.88. The van der Waals surface area contributed by atoms with E-state index in [9.17, 15) is 0 Å². The maximum atomic E-state index is 5.77. The molecular weight excluding hydrogens is 304 g/mol. The fraction of sp³-hybridized carbons (Fsp3) is 0.333. The number of hydrogen-bond donors (Lipinski definition) is 0. The molecule has 1 aliphatic carbocycles. The maximum absolute atomic E-state index is 5.77. The molecule has 6 nitrogen and oxygen atoms in total. The van der Waals surface area contributed by atoms with Crippen molar-refractivity contribution in [1.29, 1.82) is 0 Å². The van der Waals surface area contributed by atoms with Crippen molar-refractivity contribution in [2.75, 3.05) is 0 Å². The number of ether oxygens (including phenoxy) is 1. The summed E-state index contributed by atoms with van der Waals surface area (Å²) in [5, 5.41) is 4.24. The molecule has 4 rings (SSSR count). The Morgan fingerprint density at radius 3 is 2.62 bits per heavy atom. The third kappa shape index (κ3) is 2.54. The van der Waals surface area contributed by atoms with Crippen LogP contribution in [0.2, 0.25) is 0 Å². The SMILES string of the molecule is C[C@H](Oc1ccccn1)c1nc(C2(c3ccncc3)CCC2)no1. The fourth-order valence-electron chi connectivity index (χ4n) is 3.09. The largest absolute Gasteiger partial charge is 0.465 e. The fourth-order valence-corrected chi connectivity index (χ4v) is 3.09. The van der Waals surface area contributed by atoms with Gasteiger partial charge in [-0.2, -0.15) is 4.98 Å². The number of pyridine rings is 2. The Balaban J connectivity index is 1.58. The summed E-state index contributed by atoms with van der Waals surface area (Å²) < 4.78 is 11.2. The van der Waals surface area contributed by atoms with E-state index in [0.717, 1.165) is 25.1 Å². The minimum absolute atomic E-state index is 0.157. The van der Waals surface area contributed by atoms with E-state index in [1.807, 2.05) is 43.6 Å². The summed E-state index contributed by atoms with van der Waals surface area (Å²) in [5.41, 5.74) is 1.03. The third-order valence-corrected chi connectivity index (χ3v) is 4.59.